The summed E-state index contributed by atoms with van der Waals surface area (Å²) in [4.78, 5) is 9.84. The van der Waals surface area contributed by atoms with Gasteiger partial charge in [-0.15, -0.1) is 0 Å². The molecule has 0 amide bonds. The van der Waals surface area contributed by atoms with E-state index in [2.05, 4.69) is 16.1 Å². The Bertz CT molecular complexity index is 108. The molecular formula is C8H18O5. The molecule has 0 aliphatic rings. The molecule has 0 radical (unpaired) electrons. The second-order valence-electron chi connectivity index (χ2n) is 1.77. The number of carbonyl (C=O) groups is 1. The first-order valence-corrected chi connectivity index (χ1v) is 3.42. The maximum Gasteiger partial charge on any atom is 0.329 e. The van der Waals surface area contributed by atoms with Crippen LogP contribution in [0.15, 0.2) is 12.7 Å². The van der Waals surface area contributed by atoms with Gasteiger partial charge in [0.05, 0.1) is 7.11 Å². The van der Waals surface area contributed by atoms with Crippen molar-refractivity contribution in [2.75, 3.05) is 21.3 Å². The molecule has 0 saturated heterocycles. The summed E-state index contributed by atoms with van der Waals surface area (Å²) in [5, 5.41) is 15.2. The molecule has 0 heterocycles. The Morgan fingerprint density at radius 1 is 1.38 bits per heavy atom. The number of rotatable bonds is 1. The summed E-state index contributed by atoms with van der Waals surface area (Å²) in [5.41, 5.74) is 0. The molecule has 0 fully saturated rings. The molecule has 13 heavy (non-hydrogen) atoms. The highest BCUT2D eigenvalue weighted by Gasteiger charge is 1.81. The minimum Gasteiger partial charge on any atom is -0.466 e. The van der Waals surface area contributed by atoms with Crippen LogP contribution in [0.25, 0.3) is 0 Å². The summed E-state index contributed by atoms with van der Waals surface area (Å²) in [7, 11) is 4.56. The average Bonchev–Trinajstić information content (AvgIpc) is 2.03. The maximum atomic E-state index is 9.84. The van der Waals surface area contributed by atoms with Crippen LogP contribution in [0.4, 0.5) is 0 Å². The normalized spacial score (nSPS) is 7.31. The van der Waals surface area contributed by atoms with Crippen LogP contribution in [0.3, 0.4) is 0 Å². The zero-order chi connectivity index (χ0) is 11.3. The molecule has 5 nitrogen and oxygen atoms in total. The van der Waals surface area contributed by atoms with E-state index in [0.29, 0.717) is 0 Å². The number of hydrogen-bond acceptors (Lipinski definition) is 5. The van der Waals surface area contributed by atoms with E-state index in [4.69, 9.17) is 10.2 Å². The molecule has 0 aliphatic carbocycles. The van der Waals surface area contributed by atoms with Gasteiger partial charge in [-0.3, -0.25) is 0 Å². The first-order valence-electron chi connectivity index (χ1n) is 3.42. The fraction of sp³-hybridized carbons (Fsp3) is 0.625. The molecule has 0 aromatic carbocycles. The summed E-state index contributed by atoms with van der Waals surface area (Å²) in [6.45, 7) is 4.43. The van der Waals surface area contributed by atoms with Crippen molar-refractivity contribution in [3.8, 4) is 0 Å². The van der Waals surface area contributed by atoms with Crippen LogP contribution in [0.1, 0.15) is 6.92 Å². The standard InChI is InChI=1S/C4H6O2.C2H6O2.C2H6O/c1-3-4(5)6-2;1-2(3)4;1-3-2/h3H,1H2,2H3;2-4H,1H3;1-2H3. The number of methoxy groups -OCH3 is 2. The Morgan fingerprint density at radius 2 is 1.62 bits per heavy atom. The smallest absolute Gasteiger partial charge is 0.329 e. The summed E-state index contributed by atoms with van der Waals surface area (Å²) in [6, 6.07) is 0. The minimum absolute atomic E-state index is 0.394. The molecule has 0 spiro atoms. The molecule has 0 unspecified atom stereocenters. The van der Waals surface area contributed by atoms with Crippen molar-refractivity contribution in [1.29, 1.82) is 0 Å². The van der Waals surface area contributed by atoms with Crippen LogP contribution in [-0.4, -0.2) is 43.8 Å². The highest BCUT2D eigenvalue weighted by molar-refractivity contribution is 5.80. The Kier molecular flexibility index (Phi) is 23.9. The van der Waals surface area contributed by atoms with Crippen molar-refractivity contribution in [1.82, 2.24) is 0 Å². The molecule has 5 heteroatoms. The molecule has 2 N–H and O–H groups in total. The van der Waals surface area contributed by atoms with Crippen LogP contribution in [0.2, 0.25) is 0 Å². The molecular weight excluding hydrogens is 176 g/mol. The summed E-state index contributed by atoms with van der Waals surface area (Å²) >= 11 is 0. The molecule has 0 aromatic rings. The Balaban J connectivity index is -0.000000125. The van der Waals surface area contributed by atoms with Crippen molar-refractivity contribution in [3.05, 3.63) is 12.7 Å². The van der Waals surface area contributed by atoms with Crippen LogP contribution in [-0.2, 0) is 14.3 Å². The molecule has 0 bridgehead atoms. The van der Waals surface area contributed by atoms with Gasteiger partial charge in [-0.2, -0.15) is 0 Å². The number of ether oxygens (including phenoxy) is 2. The zero-order valence-corrected chi connectivity index (χ0v) is 8.48. The van der Waals surface area contributed by atoms with E-state index < -0.39 is 12.3 Å². The molecule has 0 atom stereocenters. The maximum absolute atomic E-state index is 9.84. The van der Waals surface area contributed by atoms with Crippen molar-refractivity contribution >= 4 is 5.97 Å². The largest absolute Gasteiger partial charge is 0.466 e. The van der Waals surface area contributed by atoms with Gasteiger partial charge in [0.15, 0.2) is 0 Å². The zero-order valence-electron chi connectivity index (χ0n) is 8.48. The predicted octanol–water partition coefficient (Wildman–Crippen LogP) is -0.0750. The quantitative estimate of drug-likeness (QED) is 0.347. The van der Waals surface area contributed by atoms with Gasteiger partial charge in [0.25, 0.3) is 0 Å². The average molecular weight is 194 g/mol. The van der Waals surface area contributed by atoms with E-state index in [1.54, 1.807) is 14.2 Å². The molecule has 80 valence electrons. The van der Waals surface area contributed by atoms with Crippen LogP contribution in [0.5, 0.6) is 0 Å². The van der Waals surface area contributed by atoms with E-state index in [9.17, 15) is 4.79 Å². The van der Waals surface area contributed by atoms with Crippen molar-refractivity contribution < 1.29 is 24.5 Å². The summed E-state index contributed by atoms with van der Waals surface area (Å²) in [6.07, 6.45) is -0.0556. The first-order chi connectivity index (χ1) is 5.95. The third kappa shape index (κ3) is 96.0. The molecule has 0 saturated carbocycles. The monoisotopic (exact) mass is 194 g/mol. The number of aliphatic hydroxyl groups excluding tert-OH is 1. The summed E-state index contributed by atoms with van der Waals surface area (Å²) in [5.74, 6) is -0.394. The van der Waals surface area contributed by atoms with E-state index in [0.717, 1.165) is 6.08 Å². The topological polar surface area (TPSA) is 76.0 Å². The fourth-order valence-corrected chi connectivity index (χ4v) is 0.0833. The van der Waals surface area contributed by atoms with Gasteiger partial charge in [-0.25, -0.2) is 4.79 Å². The lowest BCUT2D eigenvalue weighted by atomic mass is 10.7. The summed E-state index contributed by atoms with van der Waals surface area (Å²) < 4.78 is 8.39. The van der Waals surface area contributed by atoms with Gasteiger partial charge in [0.2, 0.25) is 0 Å². The minimum atomic E-state index is -1.17. The van der Waals surface area contributed by atoms with Gasteiger partial charge in [-0.05, 0) is 6.92 Å². The van der Waals surface area contributed by atoms with Crippen molar-refractivity contribution in [2.24, 2.45) is 0 Å². The SMILES string of the molecule is C=CC(=O)OC.CC(O)O.COC. The van der Waals surface area contributed by atoms with Gasteiger partial charge >= 0.3 is 5.97 Å². The van der Waals surface area contributed by atoms with Gasteiger partial charge < -0.3 is 19.7 Å². The number of hydrogen-bond donors (Lipinski definition) is 2. The third-order valence-electron chi connectivity index (χ3n) is 0.368. The molecule has 0 aliphatic heterocycles. The number of esters is 1. The Hall–Kier alpha value is -0.910. The second kappa shape index (κ2) is 17.3. The lowest BCUT2D eigenvalue weighted by Crippen LogP contribution is -1.92. The Morgan fingerprint density at radius 3 is 1.62 bits per heavy atom. The van der Waals surface area contributed by atoms with Crippen molar-refractivity contribution in [2.45, 2.75) is 13.2 Å². The van der Waals surface area contributed by atoms with Gasteiger partial charge in [0.1, 0.15) is 6.29 Å². The van der Waals surface area contributed by atoms with Gasteiger partial charge in [-0.1, -0.05) is 6.58 Å². The van der Waals surface area contributed by atoms with Crippen LogP contribution >= 0.6 is 0 Å². The van der Waals surface area contributed by atoms with Crippen molar-refractivity contribution in [3.63, 3.8) is 0 Å². The van der Waals surface area contributed by atoms with Crippen LogP contribution in [0, 0.1) is 0 Å². The third-order valence-corrected chi connectivity index (χ3v) is 0.368. The highest BCUT2D eigenvalue weighted by atomic mass is 16.5. The fourth-order valence-electron chi connectivity index (χ4n) is 0.0833. The van der Waals surface area contributed by atoms with E-state index >= 15 is 0 Å². The lowest BCUT2D eigenvalue weighted by Gasteiger charge is -1.83. The molecule has 0 rings (SSSR count). The van der Waals surface area contributed by atoms with E-state index in [1.165, 1.54) is 14.0 Å². The van der Waals surface area contributed by atoms with Gasteiger partial charge in [0, 0.05) is 20.3 Å². The number of aliphatic hydroxyl groups is 2. The van der Waals surface area contributed by atoms with Crippen LogP contribution < -0.4 is 0 Å². The first kappa shape index (κ1) is 18.0. The highest BCUT2D eigenvalue weighted by Crippen LogP contribution is 1.67. The lowest BCUT2D eigenvalue weighted by molar-refractivity contribution is -0.134. The predicted molar refractivity (Wildman–Crippen MR) is 49.0 cm³/mol. The van der Waals surface area contributed by atoms with E-state index in [1.807, 2.05) is 0 Å². The Labute approximate surface area is 78.6 Å². The second-order valence-corrected chi connectivity index (χ2v) is 1.77. The van der Waals surface area contributed by atoms with E-state index in [-0.39, 0.29) is 0 Å². The molecule has 0 aromatic heterocycles. The number of carbonyl (C=O) groups excluding carboxylic acids is 1.